The number of halogens is 1. The second-order valence-corrected chi connectivity index (χ2v) is 10.1. The Hall–Kier alpha value is -2.68. The lowest BCUT2D eigenvalue weighted by Crippen LogP contribution is -2.44. The van der Waals surface area contributed by atoms with Crippen LogP contribution in [-0.4, -0.2) is 33.3 Å². The summed E-state index contributed by atoms with van der Waals surface area (Å²) in [5.41, 5.74) is 2.33. The van der Waals surface area contributed by atoms with Crippen LogP contribution in [0.1, 0.15) is 17.7 Å². The number of methoxy groups -OCH3 is 1. The van der Waals surface area contributed by atoms with Gasteiger partial charge < -0.3 is 4.74 Å². The third kappa shape index (κ3) is 5.76. The Bertz CT molecular complexity index is 1130. The maximum absolute atomic E-state index is 13.2. The molecule has 0 aliphatic heterocycles. The zero-order valence-corrected chi connectivity index (χ0v) is 19.3. The first-order chi connectivity index (χ1) is 15.4. The molecule has 0 radical (unpaired) electrons. The van der Waals surface area contributed by atoms with E-state index in [2.05, 4.69) is 4.72 Å². The minimum Gasteiger partial charge on any atom is -0.468 e. The highest BCUT2D eigenvalue weighted by molar-refractivity contribution is 7.99. The first-order valence-electron chi connectivity index (χ1n) is 9.98. The molecule has 0 fully saturated rings. The van der Waals surface area contributed by atoms with Crippen molar-refractivity contribution in [2.75, 3.05) is 12.9 Å². The molecular formula is C24H24FNO4S2. The lowest BCUT2D eigenvalue weighted by molar-refractivity contribution is -0.142. The number of hydrogen-bond acceptors (Lipinski definition) is 5. The molecule has 3 aromatic rings. The summed E-state index contributed by atoms with van der Waals surface area (Å²) in [5.74, 6) is -0.323. The van der Waals surface area contributed by atoms with Gasteiger partial charge in [0.1, 0.15) is 11.9 Å². The first kappa shape index (κ1) is 24.0. The molecule has 8 heteroatoms. The summed E-state index contributed by atoms with van der Waals surface area (Å²) in [7, 11) is -2.78. The molecule has 0 amide bonds. The average molecular weight is 474 g/mol. The number of sulfonamides is 1. The van der Waals surface area contributed by atoms with Crippen molar-refractivity contribution in [1.82, 2.24) is 4.72 Å². The summed E-state index contributed by atoms with van der Waals surface area (Å²) in [6, 6.07) is 20.3. The van der Waals surface area contributed by atoms with Crippen molar-refractivity contribution in [2.45, 2.75) is 23.1 Å². The number of esters is 1. The molecule has 32 heavy (non-hydrogen) atoms. The smallest absolute Gasteiger partial charge is 0.325 e. The first-order valence-corrected chi connectivity index (χ1v) is 12.5. The highest BCUT2D eigenvalue weighted by atomic mass is 32.2. The maximum Gasteiger partial charge on any atom is 0.325 e. The van der Waals surface area contributed by atoms with Crippen LogP contribution in [0.3, 0.4) is 0 Å². The van der Waals surface area contributed by atoms with Crippen molar-refractivity contribution in [3.8, 4) is 11.1 Å². The van der Waals surface area contributed by atoms with Crippen molar-refractivity contribution < 1.29 is 22.3 Å². The van der Waals surface area contributed by atoms with Crippen LogP contribution >= 0.6 is 11.8 Å². The third-order valence-corrected chi connectivity index (χ3v) is 7.55. The largest absolute Gasteiger partial charge is 0.468 e. The predicted molar refractivity (Wildman–Crippen MR) is 125 cm³/mol. The van der Waals surface area contributed by atoms with E-state index in [1.54, 1.807) is 24.3 Å². The lowest BCUT2D eigenvalue weighted by Gasteiger charge is -2.25. The molecule has 3 aromatic carbocycles. The average Bonchev–Trinajstić information content (AvgIpc) is 2.82. The van der Waals surface area contributed by atoms with E-state index in [1.807, 2.05) is 37.3 Å². The van der Waals surface area contributed by atoms with Gasteiger partial charge in [0.25, 0.3) is 0 Å². The number of nitrogens with one attached hydrogen (secondary N) is 1. The maximum atomic E-state index is 13.2. The van der Waals surface area contributed by atoms with E-state index < -0.39 is 27.3 Å². The number of carbonyl (C=O) groups is 1. The van der Waals surface area contributed by atoms with Crippen LogP contribution in [0.4, 0.5) is 4.39 Å². The van der Waals surface area contributed by atoms with E-state index >= 15 is 0 Å². The molecule has 0 unspecified atom stereocenters. The Morgan fingerprint density at radius 1 is 0.969 bits per heavy atom. The minimum absolute atomic E-state index is 0.0191. The van der Waals surface area contributed by atoms with Crippen molar-refractivity contribution >= 4 is 27.8 Å². The molecule has 0 saturated carbocycles. The summed E-state index contributed by atoms with van der Waals surface area (Å²) in [6.07, 6.45) is 0. The molecule has 0 bridgehead atoms. The molecule has 2 atom stereocenters. The van der Waals surface area contributed by atoms with Gasteiger partial charge in [-0.1, -0.05) is 61.5 Å². The minimum atomic E-state index is -4.02. The molecule has 168 valence electrons. The van der Waals surface area contributed by atoms with Gasteiger partial charge in [-0.3, -0.25) is 4.79 Å². The van der Waals surface area contributed by atoms with Gasteiger partial charge in [0.2, 0.25) is 10.0 Å². The Morgan fingerprint density at radius 3 is 2.06 bits per heavy atom. The van der Waals surface area contributed by atoms with E-state index in [0.29, 0.717) is 5.75 Å². The summed E-state index contributed by atoms with van der Waals surface area (Å²) < 4.78 is 46.8. The molecule has 0 spiro atoms. The highest BCUT2D eigenvalue weighted by Crippen LogP contribution is 2.33. The van der Waals surface area contributed by atoms with Gasteiger partial charge in [-0.05, 0) is 46.7 Å². The lowest BCUT2D eigenvalue weighted by atomic mass is 10.1. The fourth-order valence-corrected chi connectivity index (χ4v) is 5.64. The van der Waals surface area contributed by atoms with Crippen molar-refractivity contribution in [2.24, 2.45) is 0 Å². The second kappa shape index (κ2) is 10.8. The van der Waals surface area contributed by atoms with Crippen LogP contribution < -0.4 is 4.72 Å². The quantitative estimate of drug-likeness (QED) is 0.452. The van der Waals surface area contributed by atoms with Crippen molar-refractivity contribution in [3.63, 3.8) is 0 Å². The zero-order chi connectivity index (χ0) is 23.1. The fourth-order valence-electron chi connectivity index (χ4n) is 3.27. The molecule has 0 aromatic heterocycles. The number of carbonyl (C=O) groups excluding carboxylic acids is 1. The molecule has 0 saturated heterocycles. The van der Waals surface area contributed by atoms with E-state index in [-0.39, 0.29) is 10.7 Å². The number of benzene rings is 3. The monoisotopic (exact) mass is 473 g/mol. The standard InChI is InChI=1S/C24H24FNO4S2/c1-3-31-23(19-7-5-4-6-8-19)22(24(27)30-2)26-32(28,29)21-15-11-18(12-16-21)17-9-13-20(25)14-10-17/h4-16,22-23,26H,3H2,1-2H3/t22-,23-/m1/s1. The van der Waals surface area contributed by atoms with Crippen LogP contribution in [0.15, 0.2) is 83.8 Å². The van der Waals surface area contributed by atoms with Crippen molar-refractivity contribution in [3.05, 3.63) is 90.2 Å². The fraction of sp³-hybridized carbons (Fsp3) is 0.208. The molecular weight excluding hydrogens is 449 g/mol. The number of thioether (sulfide) groups is 1. The summed E-state index contributed by atoms with van der Waals surface area (Å²) >= 11 is 1.46. The Labute approximate surface area is 192 Å². The van der Waals surface area contributed by atoms with Gasteiger partial charge in [0, 0.05) is 0 Å². The predicted octanol–water partition coefficient (Wildman–Crippen LogP) is 4.81. The van der Waals surface area contributed by atoms with Crippen LogP contribution in [0, 0.1) is 5.82 Å². The van der Waals surface area contributed by atoms with E-state index in [9.17, 15) is 17.6 Å². The molecule has 0 aliphatic rings. The normalized spacial score (nSPS) is 13.3. The Kier molecular flexibility index (Phi) is 8.06. The van der Waals surface area contributed by atoms with Crippen molar-refractivity contribution in [1.29, 1.82) is 0 Å². The summed E-state index contributed by atoms with van der Waals surface area (Å²) in [6.45, 7) is 1.94. The number of hydrogen-bond donors (Lipinski definition) is 1. The molecule has 1 N–H and O–H groups in total. The Balaban J connectivity index is 1.89. The van der Waals surface area contributed by atoms with Gasteiger partial charge >= 0.3 is 5.97 Å². The van der Waals surface area contributed by atoms with E-state index in [0.717, 1.165) is 16.7 Å². The van der Waals surface area contributed by atoms with E-state index in [4.69, 9.17) is 4.74 Å². The van der Waals surface area contributed by atoms with Gasteiger partial charge in [-0.2, -0.15) is 16.5 Å². The van der Waals surface area contributed by atoms with E-state index in [1.165, 1.54) is 43.1 Å². The molecule has 0 heterocycles. The van der Waals surface area contributed by atoms with Crippen LogP contribution in [0.25, 0.3) is 11.1 Å². The summed E-state index contributed by atoms with van der Waals surface area (Å²) in [4.78, 5) is 12.6. The summed E-state index contributed by atoms with van der Waals surface area (Å²) in [5, 5.41) is -0.457. The van der Waals surface area contributed by atoms with Crippen LogP contribution in [0.5, 0.6) is 0 Å². The van der Waals surface area contributed by atoms with Gasteiger partial charge in [0.15, 0.2) is 0 Å². The van der Waals surface area contributed by atoms with Gasteiger partial charge in [0.05, 0.1) is 17.3 Å². The number of ether oxygens (including phenoxy) is 1. The molecule has 5 nitrogen and oxygen atoms in total. The molecule has 0 aliphatic carbocycles. The number of rotatable bonds is 9. The highest BCUT2D eigenvalue weighted by Gasteiger charge is 2.34. The zero-order valence-electron chi connectivity index (χ0n) is 17.7. The third-order valence-electron chi connectivity index (χ3n) is 4.86. The SMILES string of the molecule is CCS[C@H](c1ccccc1)[C@@H](NS(=O)(=O)c1ccc(-c2ccc(F)cc2)cc1)C(=O)OC. The van der Waals surface area contributed by atoms with Crippen LogP contribution in [0.2, 0.25) is 0 Å². The molecule has 3 rings (SSSR count). The second-order valence-electron chi connectivity index (χ2n) is 6.94. The van der Waals surface area contributed by atoms with Gasteiger partial charge in [-0.15, -0.1) is 0 Å². The van der Waals surface area contributed by atoms with Crippen LogP contribution in [-0.2, 0) is 19.6 Å². The van der Waals surface area contributed by atoms with Gasteiger partial charge in [-0.25, -0.2) is 12.8 Å². The Morgan fingerprint density at radius 2 is 1.53 bits per heavy atom. The topological polar surface area (TPSA) is 72.5 Å².